The highest BCUT2D eigenvalue weighted by Gasteiger charge is 2.54. The molecule has 3 aromatic heterocycles. The molecule has 2 amide bonds. The maximum absolute atomic E-state index is 14.5. The number of primary amides is 1. The molecular weight excluding hydrogens is 611 g/mol. The average Bonchev–Trinajstić information content (AvgIpc) is 3.64. The molecule has 4 fully saturated rings. The molecule has 0 aliphatic heterocycles. The Morgan fingerprint density at radius 3 is 2.13 bits per heavy atom. The highest BCUT2D eigenvalue weighted by Crippen LogP contribution is 2.61. The Balaban J connectivity index is 1.29. The van der Waals surface area contributed by atoms with E-state index in [-0.39, 0.29) is 31.8 Å². The van der Waals surface area contributed by atoms with Gasteiger partial charge in [-0.3, -0.25) is 9.59 Å². The minimum atomic E-state index is -4.73. The van der Waals surface area contributed by atoms with Crippen LogP contribution in [0.1, 0.15) is 69.9 Å². The van der Waals surface area contributed by atoms with Gasteiger partial charge in [-0.25, -0.2) is 9.67 Å². The van der Waals surface area contributed by atoms with E-state index in [2.05, 4.69) is 10.3 Å². The zero-order valence-corrected chi connectivity index (χ0v) is 25.5. The molecule has 0 unspecified atom stereocenters. The van der Waals surface area contributed by atoms with Crippen molar-refractivity contribution in [2.45, 2.75) is 50.1 Å². The molecule has 11 heteroatoms. The zero-order chi connectivity index (χ0) is 31.8. The van der Waals surface area contributed by atoms with E-state index in [4.69, 9.17) is 10.8 Å². The molecule has 4 bridgehead atoms. The lowest BCUT2D eigenvalue weighted by Gasteiger charge is -2.56. The van der Waals surface area contributed by atoms with Crippen molar-refractivity contribution in [1.82, 2.24) is 14.8 Å². The average molecular weight is 642 g/mol. The van der Waals surface area contributed by atoms with E-state index in [1.807, 2.05) is 30.3 Å². The fourth-order valence-electron chi connectivity index (χ4n) is 8.61. The SMILES string of the molecule is NC(=O)c1sc2nc(C(F)(F)F)cc(-c3ccccc3)c2c1NC(=O)c1cn(-c2ccccc2)nc1C12CC3CC(CC(C3)C1)C2. The second kappa shape index (κ2) is 10.5. The van der Waals surface area contributed by atoms with Crippen LogP contribution in [0.5, 0.6) is 0 Å². The van der Waals surface area contributed by atoms with Gasteiger partial charge in [0, 0.05) is 17.0 Å². The molecule has 0 radical (unpaired) electrons. The van der Waals surface area contributed by atoms with Crippen LogP contribution in [0.2, 0.25) is 0 Å². The van der Waals surface area contributed by atoms with Crippen LogP contribution in [-0.2, 0) is 11.6 Å². The highest BCUT2D eigenvalue weighted by molar-refractivity contribution is 7.21. The number of rotatable bonds is 6. The van der Waals surface area contributed by atoms with Gasteiger partial charge in [0.25, 0.3) is 11.8 Å². The number of hydrogen-bond donors (Lipinski definition) is 2. The molecule has 46 heavy (non-hydrogen) atoms. The third kappa shape index (κ3) is 4.79. The van der Waals surface area contributed by atoms with Gasteiger partial charge in [0.15, 0.2) is 0 Å². The minimum absolute atomic E-state index is 0.0425. The lowest BCUT2D eigenvalue weighted by atomic mass is 9.48. The van der Waals surface area contributed by atoms with Gasteiger partial charge >= 0.3 is 6.18 Å². The summed E-state index contributed by atoms with van der Waals surface area (Å²) in [4.78, 5) is 31.0. The van der Waals surface area contributed by atoms with Crippen LogP contribution >= 0.6 is 11.3 Å². The second-order valence-corrected chi connectivity index (χ2v) is 14.1. The molecule has 5 aromatic rings. The topological polar surface area (TPSA) is 103 Å². The predicted octanol–water partition coefficient (Wildman–Crippen LogP) is 7.99. The van der Waals surface area contributed by atoms with E-state index in [0.29, 0.717) is 28.9 Å². The summed E-state index contributed by atoms with van der Waals surface area (Å²) in [6, 6.07) is 19.1. The van der Waals surface area contributed by atoms with Crippen LogP contribution < -0.4 is 11.1 Å². The number of anilines is 1. The van der Waals surface area contributed by atoms with Crippen LogP contribution in [-0.4, -0.2) is 26.6 Å². The number of nitrogens with one attached hydrogen (secondary N) is 1. The van der Waals surface area contributed by atoms with Gasteiger partial charge in [-0.1, -0.05) is 48.5 Å². The smallest absolute Gasteiger partial charge is 0.365 e. The fourth-order valence-corrected chi connectivity index (χ4v) is 9.62. The summed E-state index contributed by atoms with van der Waals surface area (Å²) in [5.74, 6) is 0.456. The van der Waals surface area contributed by atoms with Crippen molar-refractivity contribution in [3.8, 4) is 16.8 Å². The van der Waals surface area contributed by atoms with Gasteiger partial charge in [0.1, 0.15) is 15.4 Å². The van der Waals surface area contributed by atoms with Crippen molar-refractivity contribution in [3.05, 3.63) is 94.8 Å². The largest absolute Gasteiger partial charge is 0.433 e. The first-order valence-corrected chi connectivity index (χ1v) is 16.3. The monoisotopic (exact) mass is 641 g/mol. The van der Waals surface area contributed by atoms with Gasteiger partial charge in [-0.2, -0.15) is 18.3 Å². The maximum Gasteiger partial charge on any atom is 0.433 e. The molecule has 7 nitrogen and oxygen atoms in total. The number of para-hydroxylation sites is 1. The maximum atomic E-state index is 14.5. The predicted molar refractivity (Wildman–Crippen MR) is 170 cm³/mol. The summed E-state index contributed by atoms with van der Waals surface area (Å²) in [6.07, 6.45) is 3.59. The number of amides is 2. The Hall–Kier alpha value is -4.51. The van der Waals surface area contributed by atoms with E-state index < -0.39 is 23.7 Å². The normalized spacial score (nSPS) is 23.6. The molecule has 2 aromatic carbocycles. The molecule has 0 spiro atoms. The Morgan fingerprint density at radius 2 is 1.54 bits per heavy atom. The fraction of sp³-hybridized carbons (Fsp3) is 0.314. The number of halogens is 3. The van der Waals surface area contributed by atoms with E-state index >= 15 is 0 Å². The van der Waals surface area contributed by atoms with Gasteiger partial charge in [-0.05, 0) is 85.6 Å². The van der Waals surface area contributed by atoms with Crippen LogP contribution in [0.15, 0.2) is 72.9 Å². The number of pyridine rings is 1. The Morgan fingerprint density at radius 1 is 0.935 bits per heavy atom. The molecule has 0 saturated heterocycles. The zero-order valence-electron chi connectivity index (χ0n) is 24.7. The Labute approximate surface area is 266 Å². The first-order chi connectivity index (χ1) is 22.1. The lowest BCUT2D eigenvalue weighted by Crippen LogP contribution is -2.49. The number of alkyl halides is 3. The van der Waals surface area contributed by atoms with Crippen LogP contribution in [0.3, 0.4) is 0 Å². The summed E-state index contributed by atoms with van der Waals surface area (Å²) >= 11 is 0.741. The van der Waals surface area contributed by atoms with E-state index in [0.717, 1.165) is 48.0 Å². The Kier molecular flexibility index (Phi) is 6.61. The molecule has 4 aliphatic rings. The standard InChI is InChI=1S/C35H30F3N5O2S/c36-35(37,38)26-14-24(22-7-3-1-4-8-22)27-28(29(31(39)44)46-33(27)40-26)41-32(45)25-18-43(23-9-5-2-6-10-23)42-30(25)34-15-19-11-20(16-34)13-21(12-19)17-34/h1-10,14,18-21H,11-13,15-17H2,(H2,39,44)(H,41,45). The van der Waals surface area contributed by atoms with Crippen LogP contribution in [0.25, 0.3) is 27.0 Å². The van der Waals surface area contributed by atoms with Crippen molar-refractivity contribution in [3.63, 3.8) is 0 Å². The first-order valence-electron chi connectivity index (χ1n) is 15.4. The summed E-state index contributed by atoms with van der Waals surface area (Å²) in [5, 5.41) is 8.24. The third-order valence-electron chi connectivity index (χ3n) is 10.0. The minimum Gasteiger partial charge on any atom is -0.365 e. The number of nitrogens with two attached hydrogens (primary N) is 1. The lowest BCUT2D eigenvalue weighted by molar-refractivity contribution is -0.140. The van der Waals surface area contributed by atoms with Crippen molar-refractivity contribution >= 4 is 39.1 Å². The highest BCUT2D eigenvalue weighted by atomic mass is 32.1. The quantitative estimate of drug-likeness (QED) is 0.196. The molecule has 3 heterocycles. The number of aromatic nitrogens is 3. The summed E-state index contributed by atoms with van der Waals surface area (Å²) < 4.78 is 43.7. The van der Waals surface area contributed by atoms with Gasteiger partial charge < -0.3 is 11.1 Å². The van der Waals surface area contributed by atoms with Crippen molar-refractivity contribution in [2.24, 2.45) is 23.5 Å². The number of carbonyl (C=O) groups excluding carboxylic acids is 2. The molecule has 4 aliphatic carbocycles. The van der Waals surface area contributed by atoms with E-state index in [9.17, 15) is 22.8 Å². The number of nitrogens with zero attached hydrogens (tertiary/aromatic N) is 3. The number of thiophene rings is 1. The summed E-state index contributed by atoms with van der Waals surface area (Å²) in [7, 11) is 0. The molecule has 0 atom stereocenters. The van der Waals surface area contributed by atoms with Crippen molar-refractivity contribution in [1.29, 1.82) is 0 Å². The summed E-state index contributed by atoms with van der Waals surface area (Å²) in [5.41, 5.74) is 7.12. The molecule has 234 valence electrons. The number of carbonyl (C=O) groups is 2. The molecule has 4 saturated carbocycles. The van der Waals surface area contributed by atoms with Gasteiger partial charge in [-0.15, -0.1) is 11.3 Å². The first kappa shape index (κ1) is 28.9. The molecule has 9 rings (SSSR count). The second-order valence-electron chi connectivity index (χ2n) is 13.1. The molecular formula is C35H30F3N5O2S. The van der Waals surface area contributed by atoms with Gasteiger partial charge in [0.2, 0.25) is 0 Å². The molecule has 3 N–H and O–H groups in total. The van der Waals surface area contributed by atoms with Crippen molar-refractivity contribution < 1.29 is 22.8 Å². The van der Waals surface area contributed by atoms with Crippen molar-refractivity contribution in [2.75, 3.05) is 5.32 Å². The van der Waals surface area contributed by atoms with Crippen LogP contribution in [0.4, 0.5) is 18.9 Å². The number of benzene rings is 2. The number of fused-ring (bicyclic) bond motifs is 1. The third-order valence-corrected chi connectivity index (χ3v) is 11.1. The summed E-state index contributed by atoms with van der Waals surface area (Å²) in [6.45, 7) is 0. The van der Waals surface area contributed by atoms with Gasteiger partial charge in [0.05, 0.1) is 22.6 Å². The van der Waals surface area contributed by atoms with Crippen LogP contribution in [0, 0.1) is 17.8 Å². The van der Waals surface area contributed by atoms with E-state index in [1.165, 1.54) is 19.3 Å². The number of hydrogen-bond acceptors (Lipinski definition) is 5. The Bertz CT molecular complexity index is 1970. The van der Waals surface area contributed by atoms with E-state index in [1.54, 1.807) is 41.2 Å².